The van der Waals surface area contributed by atoms with E-state index in [0.29, 0.717) is 12.6 Å². The summed E-state index contributed by atoms with van der Waals surface area (Å²) in [7, 11) is 0. The summed E-state index contributed by atoms with van der Waals surface area (Å²) in [6, 6.07) is 0.560. The van der Waals surface area contributed by atoms with Crippen LogP contribution in [-0.2, 0) is 5.41 Å². The third kappa shape index (κ3) is 2.47. The molecule has 0 bridgehead atoms. The first-order chi connectivity index (χ1) is 8.99. The van der Waals surface area contributed by atoms with E-state index >= 15 is 0 Å². The van der Waals surface area contributed by atoms with Crippen molar-refractivity contribution in [3.63, 3.8) is 0 Å². The minimum atomic E-state index is 0.0505. The van der Waals surface area contributed by atoms with Crippen LogP contribution in [0.1, 0.15) is 39.3 Å². The van der Waals surface area contributed by atoms with Crippen molar-refractivity contribution in [1.29, 1.82) is 0 Å². The first kappa shape index (κ1) is 12.9. The van der Waals surface area contributed by atoms with Gasteiger partial charge in [-0.2, -0.15) is 0 Å². The number of nitrogens with zero attached hydrogens (tertiary/aromatic N) is 4. The number of rotatable bonds is 4. The summed E-state index contributed by atoms with van der Waals surface area (Å²) in [6.07, 6.45) is 4.42. The highest BCUT2D eigenvalue weighted by atomic mass is 32.1. The fourth-order valence-corrected chi connectivity index (χ4v) is 3.08. The van der Waals surface area contributed by atoms with E-state index in [0.717, 1.165) is 15.8 Å². The molecule has 0 atom stereocenters. The Morgan fingerprint density at radius 3 is 2.74 bits per heavy atom. The minimum Gasteiger partial charge on any atom is -0.395 e. The molecule has 1 saturated carbocycles. The molecule has 0 amide bonds. The van der Waals surface area contributed by atoms with E-state index in [1.165, 1.54) is 12.8 Å². The molecule has 3 rings (SSSR count). The summed E-state index contributed by atoms with van der Waals surface area (Å²) in [5.74, 6) is 0. The maximum atomic E-state index is 9.16. The van der Waals surface area contributed by atoms with Crippen molar-refractivity contribution in [2.45, 2.75) is 45.1 Å². The molecule has 0 aromatic carbocycles. The van der Waals surface area contributed by atoms with Gasteiger partial charge in [0.1, 0.15) is 0 Å². The Bertz CT molecular complexity index is 547. The van der Waals surface area contributed by atoms with Crippen LogP contribution in [0, 0.1) is 0 Å². The van der Waals surface area contributed by atoms with Gasteiger partial charge in [-0.05, 0) is 12.8 Å². The quantitative estimate of drug-likeness (QED) is 0.931. The lowest BCUT2D eigenvalue weighted by Crippen LogP contribution is -2.28. The van der Waals surface area contributed by atoms with Crippen LogP contribution in [0.25, 0.3) is 4.96 Å². The largest absolute Gasteiger partial charge is 0.395 e. The maximum Gasteiger partial charge on any atom is 0.214 e. The molecule has 6 heteroatoms. The highest BCUT2D eigenvalue weighted by Crippen LogP contribution is 2.34. The summed E-state index contributed by atoms with van der Waals surface area (Å²) in [5, 5.41) is 14.8. The maximum absolute atomic E-state index is 9.16. The zero-order valence-electron chi connectivity index (χ0n) is 11.6. The van der Waals surface area contributed by atoms with Gasteiger partial charge >= 0.3 is 0 Å². The molecule has 2 aromatic heterocycles. The van der Waals surface area contributed by atoms with Gasteiger partial charge in [0.2, 0.25) is 10.1 Å². The van der Waals surface area contributed by atoms with E-state index in [2.05, 4.69) is 35.8 Å². The van der Waals surface area contributed by atoms with Crippen LogP contribution in [0.3, 0.4) is 0 Å². The smallest absolute Gasteiger partial charge is 0.214 e. The second kappa shape index (κ2) is 4.45. The van der Waals surface area contributed by atoms with Crippen molar-refractivity contribution in [2.24, 2.45) is 0 Å². The highest BCUT2D eigenvalue weighted by molar-refractivity contribution is 7.20. The zero-order valence-corrected chi connectivity index (χ0v) is 12.4. The monoisotopic (exact) mass is 280 g/mol. The van der Waals surface area contributed by atoms with Gasteiger partial charge < -0.3 is 10.0 Å². The fraction of sp³-hybridized carbons (Fsp3) is 0.692. The molecule has 2 aromatic rings. The fourth-order valence-electron chi connectivity index (χ4n) is 2.10. The van der Waals surface area contributed by atoms with Crippen LogP contribution in [0.4, 0.5) is 5.13 Å². The molecule has 0 spiro atoms. The van der Waals surface area contributed by atoms with E-state index < -0.39 is 0 Å². The first-order valence-electron chi connectivity index (χ1n) is 6.73. The molecule has 0 aliphatic heterocycles. The lowest BCUT2D eigenvalue weighted by molar-refractivity contribution is 0.301. The molecule has 1 fully saturated rings. The van der Waals surface area contributed by atoms with Crippen molar-refractivity contribution >= 4 is 21.4 Å². The minimum absolute atomic E-state index is 0.0505. The van der Waals surface area contributed by atoms with Gasteiger partial charge in [-0.15, -0.1) is 5.10 Å². The Hall–Kier alpha value is -1.14. The SMILES string of the molecule is CC(C)(C)c1cn2nc(N(CCO)C3CC3)sc2n1. The lowest BCUT2D eigenvalue weighted by atomic mass is 9.93. The van der Waals surface area contributed by atoms with E-state index in [1.54, 1.807) is 11.3 Å². The van der Waals surface area contributed by atoms with Crippen LogP contribution in [0.15, 0.2) is 6.20 Å². The number of hydrogen-bond donors (Lipinski definition) is 1. The summed E-state index contributed by atoms with van der Waals surface area (Å²) in [5.41, 5.74) is 1.12. The van der Waals surface area contributed by atoms with Gasteiger partial charge in [-0.25, -0.2) is 9.50 Å². The second-order valence-corrected chi connectivity index (χ2v) is 7.07. The molecule has 0 radical (unpaired) electrons. The van der Waals surface area contributed by atoms with Crippen LogP contribution in [-0.4, -0.2) is 38.9 Å². The normalized spacial score (nSPS) is 16.2. The lowest BCUT2D eigenvalue weighted by Gasteiger charge is -2.19. The molecule has 1 aliphatic carbocycles. The first-order valence-corrected chi connectivity index (χ1v) is 7.55. The van der Waals surface area contributed by atoms with Crippen molar-refractivity contribution < 1.29 is 5.11 Å². The van der Waals surface area contributed by atoms with Crippen LogP contribution < -0.4 is 4.90 Å². The zero-order chi connectivity index (χ0) is 13.6. The van der Waals surface area contributed by atoms with Gasteiger partial charge in [0, 0.05) is 18.0 Å². The molecule has 1 N–H and O–H groups in total. The molecule has 104 valence electrons. The standard InChI is InChI=1S/C13H20N4OS/c1-13(2,3)10-8-17-11(14-10)19-12(15-17)16(6-7-18)9-4-5-9/h8-9,18H,4-7H2,1-3H3. The van der Waals surface area contributed by atoms with E-state index in [1.807, 2.05) is 10.7 Å². The molecule has 5 nitrogen and oxygen atoms in total. The van der Waals surface area contributed by atoms with Crippen LogP contribution >= 0.6 is 11.3 Å². The van der Waals surface area contributed by atoms with Crippen molar-refractivity contribution in [3.8, 4) is 0 Å². The van der Waals surface area contributed by atoms with Gasteiger partial charge in [-0.1, -0.05) is 32.1 Å². The Kier molecular flexibility index (Phi) is 3.02. The van der Waals surface area contributed by atoms with Crippen molar-refractivity contribution in [2.75, 3.05) is 18.1 Å². The number of anilines is 1. The number of aromatic nitrogens is 3. The summed E-state index contributed by atoms with van der Waals surface area (Å²) < 4.78 is 1.87. The molecular formula is C13H20N4OS. The van der Waals surface area contributed by atoms with Gasteiger partial charge in [-0.3, -0.25) is 0 Å². The highest BCUT2D eigenvalue weighted by Gasteiger charge is 2.31. The predicted octanol–water partition coefficient (Wildman–Crippen LogP) is 2.05. The average molecular weight is 280 g/mol. The summed E-state index contributed by atoms with van der Waals surface area (Å²) in [4.78, 5) is 7.80. The van der Waals surface area contributed by atoms with E-state index in [4.69, 9.17) is 5.11 Å². The topological polar surface area (TPSA) is 53.7 Å². The van der Waals surface area contributed by atoms with E-state index in [-0.39, 0.29) is 12.0 Å². The number of hydrogen-bond acceptors (Lipinski definition) is 5. The summed E-state index contributed by atoms with van der Waals surface area (Å²) in [6.45, 7) is 7.30. The van der Waals surface area contributed by atoms with Crippen molar-refractivity contribution in [3.05, 3.63) is 11.9 Å². The number of aliphatic hydroxyl groups is 1. The Morgan fingerprint density at radius 2 is 2.21 bits per heavy atom. The van der Waals surface area contributed by atoms with E-state index in [9.17, 15) is 0 Å². The average Bonchev–Trinajstić information content (AvgIpc) is 2.93. The number of aliphatic hydroxyl groups excluding tert-OH is 1. The number of fused-ring (bicyclic) bond motifs is 1. The second-order valence-electron chi connectivity index (χ2n) is 6.14. The molecule has 0 unspecified atom stereocenters. The van der Waals surface area contributed by atoms with Crippen LogP contribution in [0.2, 0.25) is 0 Å². The summed E-state index contributed by atoms with van der Waals surface area (Å²) >= 11 is 1.61. The molecular weight excluding hydrogens is 260 g/mol. The Balaban J connectivity index is 1.91. The molecule has 19 heavy (non-hydrogen) atoms. The molecule has 0 saturated heterocycles. The van der Waals surface area contributed by atoms with Crippen LogP contribution in [0.5, 0.6) is 0 Å². The predicted molar refractivity (Wildman–Crippen MR) is 77.0 cm³/mol. The third-order valence-electron chi connectivity index (χ3n) is 3.38. The van der Waals surface area contributed by atoms with Gasteiger partial charge in [0.05, 0.1) is 18.5 Å². The van der Waals surface area contributed by atoms with Gasteiger partial charge in [0.15, 0.2) is 0 Å². The Labute approximate surface area is 116 Å². The van der Waals surface area contributed by atoms with Crippen molar-refractivity contribution in [1.82, 2.24) is 14.6 Å². The third-order valence-corrected chi connectivity index (χ3v) is 4.33. The molecule has 1 aliphatic rings. The molecule has 2 heterocycles. The van der Waals surface area contributed by atoms with Gasteiger partial charge in [0.25, 0.3) is 0 Å². The Morgan fingerprint density at radius 1 is 1.47 bits per heavy atom. The number of imidazole rings is 1.